The molecule has 0 fully saturated rings. The van der Waals surface area contributed by atoms with E-state index in [1.165, 1.54) is 0 Å². The van der Waals surface area contributed by atoms with Crippen molar-refractivity contribution >= 4 is 5.91 Å². The van der Waals surface area contributed by atoms with Crippen molar-refractivity contribution in [3.05, 3.63) is 41.8 Å². The number of nitrogens with one attached hydrogen (secondary N) is 1. The van der Waals surface area contributed by atoms with Gasteiger partial charge < -0.3 is 9.84 Å². The summed E-state index contributed by atoms with van der Waals surface area (Å²) in [5, 5.41) is 6.71. The molecular formula is C14H18N4O2. The molecule has 20 heavy (non-hydrogen) atoms. The molecule has 0 aliphatic carbocycles. The van der Waals surface area contributed by atoms with Crippen molar-refractivity contribution in [2.45, 2.75) is 32.6 Å². The highest BCUT2D eigenvalue weighted by atomic mass is 16.5. The second-order valence-electron chi connectivity index (χ2n) is 4.83. The maximum Gasteiger partial charge on any atom is 0.228 e. The van der Waals surface area contributed by atoms with Crippen molar-refractivity contribution in [2.24, 2.45) is 0 Å². The lowest BCUT2D eigenvalue weighted by atomic mass is 10.2. The average molecular weight is 274 g/mol. The Hall–Kier alpha value is -2.24. The van der Waals surface area contributed by atoms with Crippen molar-refractivity contribution in [1.29, 1.82) is 0 Å². The number of amides is 1. The fourth-order valence-corrected chi connectivity index (χ4v) is 1.66. The zero-order valence-electron chi connectivity index (χ0n) is 11.7. The maximum atomic E-state index is 11.7. The number of aromatic nitrogens is 3. The SMILES string of the molecule is CC(C)c1noc(CCNC(=O)Cc2ccncc2)n1. The first-order valence-corrected chi connectivity index (χ1v) is 6.63. The molecular weight excluding hydrogens is 256 g/mol. The van der Waals surface area contributed by atoms with Crippen LogP contribution in [0.1, 0.15) is 37.0 Å². The molecule has 0 saturated carbocycles. The number of carbonyl (C=O) groups is 1. The standard InChI is InChI=1S/C14H18N4O2/c1-10(2)14-17-13(20-18-14)5-8-16-12(19)9-11-3-6-15-7-4-11/h3-4,6-7,10H,5,8-9H2,1-2H3,(H,16,19). The van der Waals surface area contributed by atoms with Crippen LogP contribution in [0.15, 0.2) is 29.0 Å². The minimum Gasteiger partial charge on any atom is -0.355 e. The van der Waals surface area contributed by atoms with E-state index in [1.54, 1.807) is 12.4 Å². The monoisotopic (exact) mass is 274 g/mol. The van der Waals surface area contributed by atoms with E-state index in [1.807, 2.05) is 26.0 Å². The molecule has 2 heterocycles. The number of carbonyl (C=O) groups excluding carboxylic acids is 1. The summed E-state index contributed by atoms with van der Waals surface area (Å²) < 4.78 is 5.11. The third-order valence-electron chi connectivity index (χ3n) is 2.78. The van der Waals surface area contributed by atoms with Gasteiger partial charge in [-0.3, -0.25) is 9.78 Å². The van der Waals surface area contributed by atoms with E-state index >= 15 is 0 Å². The molecule has 1 amide bonds. The second-order valence-corrected chi connectivity index (χ2v) is 4.83. The van der Waals surface area contributed by atoms with Crippen LogP contribution in [0, 0.1) is 0 Å². The fraction of sp³-hybridized carbons (Fsp3) is 0.429. The normalized spacial score (nSPS) is 10.8. The highest BCUT2D eigenvalue weighted by Gasteiger charge is 2.10. The summed E-state index contributed by atoms with van der Waals surface area (Å²) >= 11 is 0. The van der Waals surface area contributed by atoms with Crippen molar-refractivity contribution in [3.8, 4) is 0 Å². The van der Waals surface area contributed by atoms with E-state index in [9.17, 15) is 4.79 Å². The van der Waals surface area contributed by atoms with E-state index in [-0.39, 0.29) is 11.8 Å². The number of rotatable bonds is 6. The lowest BCUT2D eigenvalue weighted by Gasteiger charge is -2.03. The highest BCUT2D eigenvalue weighted by Crippen LogP contribution is 2.09. The number of pyridine rings is 1. The molecule has 0 atom stereocenters. The van der Waals surface area contributed by atoms with Crippen LogP contribution in [-0.4, -0.2) is 27.6 Å². The molecule has 2 aromatic heterocycles. The largest absolute Gasteiger partial charge is 0.355 e. The third kappa shape index (κ3) is 4.15. The Kier molecular flexibility index (Phi) is 4.81. The number of nitrogens with zero attached hydrogens (tertiary/aromatic N) is 3. The molecule has 2 aromatic rings. The van der Waals surface area contributed by atoms with Gasteiger partial charge in [0.25, 0.3) is 0 Å². The minimum absolute atomic E-state index is 0.0280. The Morgan fingerprint density at radius 1 is 1.35 bits per heavy atom. The van der Waals surface area contributed by atoms with Gasteiger partial charge in [0.2, 0.25) is 11.8 Å². The zero-order valence-corrected chi connectivity index (χ0v) is 11.7. The van der Waals surface area contributed by atoms with E-state index in [4.69, 9.17) is 4.52 Å². The Morgan fingerprint density at radius 3 is 2.75 bits per heavy atom. The average Bonchev–Trinajstić information content (AvgIpc) is 2.89. The topological polar surface area (TPSA) is 80.9 Å². The van der Waals surface area contributed by atoms with Gasteiger partial charge >= 0.3 is 0 Å². The van der Waals surface area contributed by atoms with Crippen molar-refractivity contribution in [2.75, 3.05) is 6.54 Å². The van der Waals surface area contributed by atoms with Gasteiger partial charge in [-0.15, -0.1) is 0 Å². The van der Waals surface area contributed by atoms with Crippen LogP contribution in [0.2, 0.25) is 0 Å². The minimum atomic E-state index is -0.0280. The molecule has 6 nitrogen and oxygen atoms in total. The van der Waals surface area contributed by atoms with E-state index in [0.29, 0.717) is 31.1 Å². The molecule has 0 aliphatic rings. The Morgan fingerprint density at radius 2 is 2.10 bits per heavy atom. The van der Waals surface area contributed by atoms with E-state index in [0.717, 1.165) is 5.56 Å². The van der Waals surface area contributed by atoms with Crippen LogP contribution in [0.5, 0.6) is 0 Å². The summed E-state index contributed by atoms with van der Waals surface area (Å²) in [5.74, 6) is 1.47. The molecule has 2 rings (SSSR count). The van der Waals surface area contributed by atoms with Crippen molar-refractivity contribution in [1.82, 2.24) is 20.4 Å². The molecule has 106 valence electrons. The molecule has 1 N–H and O–H groups in total. The Labute approximate surface area is 117 Å². The fourth-order valence-electron chi connectivity index (χ4n) is 1.66. The summed E-state index contributed by atoms with van der Waals surface area (Å²) in [6.07, 6.45) is 4.24. The summed E-state index contributed by atoms with van der Waals surface area (Å²) in [7, 11) is 0. The van der Waals surface area contributed by atoms with Crippen LogP contribution in [0.25, 0.3) is 0 Å². The van der Waals surface area contributed by atoms with E-state index < -0.39 is 0 Å². The van der Waals surface area contributed by atoms with Gasteiger partial charge in [0.05, 0.1) is 6.42 Å². The smallest absolute Gasteiger partial charge is 0.228 e. The summed E-state index contributed by atoms with van der Waals surface area (Å²) in [5.41, 5.74) is 0.942. The quantitative estimate of drug-likeness (QED) is 0.863. The van der Waals surface area contributed by atoms with Gasteiger partial charge in [0.1, 0.15) is 0 Å². The zero-order chi connectivity index (χ0) is 14.4. The van der Waals surface area contributed by atoms with Crippen LogP contribution in [0.3, 0.4) is 0 Å². The first kappa shape index (κ1) is 14.2. The van der Waals surface area contributed by atoms with Crippen LogP contribution in [-0.2, 0) is 17.6 Å². The van der Waals surface area contributed by atoms with E-state index in [2.05, 4.69) is 20.4 Å². The van der Waals surface area contributed by atoms with Gasteiger partial charge in [0, 0.05) is 31.3 Å². The Bertz CT molecular complexity index is 551. The van der Waals surface area contributed by atoms with Crippen LogP contribution >= 0.6 is 0 Å². The summed E-state index contributed by atoms with van der Waals surface area (Å²) in [6, 6.07) is 3.65. The number of hydrogen-bond acceptors (Lipinski definition) is 5. The molecule has 0 spiro atoms. The summed E-state index contributed by atoms with van der Waals surface area (Å²) in [4.78, 5) is 19.9. The predicted octanol–water partition coefficient (Wildman–Crippen LogP) is 1.49. The van der Waals surface area contributed by atoms with Crippen LogP contribution < -0.4 is 5.32 Å². The molecule has 0 bridgehead atoms. The van der Waals surface area contributed by atoms with Gasteiger partial charge in [-0.2, -0.15) is 4.98 Å². The van der Waals surface area contributed by atoms with Crippen molar-refractivity contribution < 1.29 is 9.32 Å². The highest BCUT2D eigenvalue weighted by molar-refractivity contribution is 5.78. The molecule has 0 aliphatic heterocycles. The first-order valence-electron chi connectivity index (χ1n) is 6.63. The molecule has 0 aromatic carbocycles. The van der Waals surface area contributed by atoms with Gasteiger partial charge in [-0.05, 0) is 17.7 Å². The predicted molar refractivity (Wildman–Crippen MR) is 73.0 cm³/mol. The lowest BCUT2D eigenvalue weighted by molar-refractivity contribution is -0.120. The first-order chi connectivity index (χ1) is 9.65. The molecule has 0 radical (unpaired) electrons. The third-order valence-corrected chi connectivity index (χ3v) is 2.78. The molecule has 6 heteroatoms. The van der Waals surface area contributed by atoms with Crippen LogP contribution in [0.4, 0.5) is 0 Å². The number of hydrogen-bond donors (Lipinski definition) is 1. The van der Waals surface area contributed by atoms with Gasteiger partial charge in [-0.25, -0.2) is 0 Å². The molecule has 0 saturated heterocycles. The van der Waals surface area contributed by atoms with Crippen molar-refractivity contribution in [3.63, 3.8) is 0 Å². The van der Waals surface area contributed by atoms with Gasteiger partial charge in [0.15, 0.2) is 5.82 Å². The Balaban J connectivity index is 1.73. The summed E-state index contributed by atoms with van der Waals surface area (Å²) in [6.45, 7) is 4.50. The maximum absolute atomic E-state index is 11.7. The lowest BCUT2D eigenvalue weighted by Crippen LogP contribution is -2.27. The van der Waals surface area contributed by atoms with Gasteiger partial charge in [-0.1, -0.05) is 19.0 Å². The molecule has 0 unspecified atom stereocenters. The second kappa shape index (κ2) is 6.79.